The number of methoxy groups -OCH3 is 2. The number of hydrogen-bond donors (Lipinski definition) is 0. The number of ether oxygens (including phenoxy) is 3. The lowest BCUT2D eigenvalue weighted by Gasteiger charge is -2.41. The van der Waals surface area contributed by atoms with Crippen LogP contribution in [0.5, 0.6) is 0 Å². The maximum absolute atomic E-state index is 5.46. The molecule has 1 aliphatic heterocycles. The molecule has 1 aliphatic rings. The van der Waals surface area contributed by atoms with E-state index in [1.54, 1.807) is 14.2 Å². The van der Waals surface area contributed by atoms with E-state index in [-0.39, 0.29) is 5.41 Å². The van der Waals surface area contributed by atoms with Crippen LogP contribution in [0.2, 0.25) is 0 Å². The zero-order valence-electron chi connectivity index (χ0n) is 8.35. The first kappa shape index (κ1) is 9.96. The zero-order chi connectivity index (χ0) is 9.24. The van der Waals surface area contributed by atoms with Gasteiger partial charge in [-0.3, -0.25) is 0 Å². The molecule has 0 aromatic carbocycles. The Kier molecular flexibility index (Phi) is 2.76. The molecule has 0 saturated carbocycles. The van der Waals surface area contributed by atoms with Gasteiger partial charge in [-0.05, 0) is 11.8 Å². The smallest absolute Gasteiger partial charge is 0.282 e. The van der Waals surface area contributed by atoms with E-state index in [1.807, 2.05) is 0 Å². The number of hydrogen-bond acceptors (Lipinski definition) is 3. The van der Waals surface area contributed by atoms with Crippen molar-refractivity contribution in [3.8, 4) is 0 Å². The van der Waals surface area contributed by atoms with Crippen LogP contribution in [0.4, 0.5) is 0 Å². The first-order valence-electron chi connectivity index (χ1n) is 4.28. The molecule has 1 saturated heterocycles. The van der Waals surface area contributed by atoms with E-state index in [0.717, 1.165) is 12.8 Å². The normalized spacial score (nSPS) is 27.0. The van der Waals surface area contributed by atoms with E-state index in [0.29, 0.717) is 6.61 Å². The third kappa shape index (κ3) is 1.97. The second-order valence-electron chi connectivity index (χ2n) is 4.03. The minimum Gasteiger partial charge on any atom is -0.331 e. The third-order valence-corrected chi connectivity index (χ3v) is 2.42. The number of rotatable bonds is 2. The molecular weight excluding hydrogens is 156 g/mol. The van der Waals surface area contributed by atoms with Gasteiger partial charge in [0.15, 0.2) is 0 Å². The Bertz CT molecular complexity index is 150. The Morgan fingerprint density at radius 1 is 1.17 bits per heavy atom. The molecule has 0 amide bonds. The molecule has 72 valence electrons. The highest BCUT2D eigenvalue weighted by molar-refractivity contribution is 4.78. The SMILES string of the molecule is COC1(OC)CC(C)(C)CCO1. The average molecular weight is 174 g/mol. The first-order chi connectivity index (χ1) is 5.54. The van der Waals surface area contributed by atoms with E-state index in [9.17, 15) is 0 Å². The molecule has 0 aliphatic carbocycles. The van der Waals surface area contributed by atoms with E-state index in [1.165, 1.54) is 0 Å². The Labute approximate surface area is 74.0 Å². The molecular formula is C9H18O3. The topological polar surface area (TPSA) is 27.7 Å². The molecule has 1 heterocycles. The van der Waals surface area contributed by atoms with Crippen LogP contribution in [-0.4, -0.2) is 26.8 Å². The summed E-state index contributed by atoms with van der Waals surface area (Å²) in [6.45, 7) is 5.10. The van der Waals surface area contributed by atoms with Crippen LogP contribution < -0.4 is 0 Å². The molecule has 0 bridgehead atoms. The van der Waals surface area contributed by atoms with Crippen molar-refractivity contribution in [1.29, 1.82) is 0 Å². The Hall–Kier alpha value is -0.120. The van der Waals surface area contributed by atoms with Crippen molar-refractivity contribution in [3.63, 3.8) is 0 Å². The monoisotopic (exact) mass is 174 g/mol. The van der Waals surface area contributed by atoms with Crippen molar-refractivity contribution in [3.05, 3.63) is 0 Å². The highest BCUT2D eigenvalue weighted by Gasteiger charge is 2.41. The molecule has 0 unspecified atom stereocenters. The largest absolute Gasteiger partial charge is 0.331 e. The van der Waals surface area contributed by atoms with Gasteiger partial charge in [-0.2, -0.15) is 0 Å². The average Bonchev–Trinajstić information content (AvgIpc) is 2.02. The van der Waals surface area contributed by atoms with Crippen molar-refractivity contribution >= 4 is 0 Å². The lowest BCUT2D eigenvalue weighted by molar-refractivity contribution is -0.388. The molecule has 3 nitrogen and oxygen atoms in total. The summed E-state index contributed by atoms with van der Waals surface area (Å²) in [6, 6.07) is 0. The molecule has 0 aromatic heterocycles. The predicted molar refractivity (Wildman–Crippen MR) is 45.7 cm³/mol. The molecule has 0 radical (unpaired) electrons. The fraction of sp³-hybridized carbons (Fsp3) is 1.00. The minimum atomic E-state index is -0.804. The summed E-state index contributed by atoms with van der Waals surface area (Å²) < 4.78 is 15.9. The van der Waals surface area contributed by atoms with Gasteiger partial charge in [0.2, 0.25) is 0 Å². The van der Waals surface area contributed by atoms with Gasteiger partial charge < -0.3 is 14.2 Å². The molecule has 0 aromatic rings. The summed E-state index contributed by atoms with van der Waals surface area (Å²) in [4.78, 5) is 0. The van der Waals surface area contributed by atoms with Gasteiger partial charge in [-0.25, -0.2) is 0 Å². The fourth-order valence-electron chi connectivity index (χ4n) is 1.55. The van der Waals surface area contributed by atoms with Crippen molar-refractivity contribution in [2.45, 2.75) is 32.7 Å². The summed E-state index contributed by atoms with van der Waals surface area (Å²) in [7, 11) is 3.23. The van der Waals surface area contributed by atoms with Crippen molar-refractivity contribution < 1.29 is 14.2 Å². The lowest BCUT2D eigenvalue weighted by atomic mass is 9.83. The maximum atomic E-state index is 5.46. The van der Waals surface area contributed by atoms with Crippen LogP contribution >= 0.6 is 0 Å². The second-order valence-corrected chi connectivity index (χ2v) is 4.03. The summed E-state index contributed by atoms with van der Waals surface area (Å²) in [5.74, 6) is -0.804. The van der Waals surface area contributed by atoms with Crippen LogP contribution in [0.15, 0.2) is 0 Å². The zero-order valence-corrected chi connectivity index (χ0v) is 8.35. The molecule has 0 N–H and O–H groups in total. The van der Waals surface area contributed by atoms with Crippen molar-refractivity contribution in [1.82, 2.24) is 0 Å². The van der Waals surface area contributed by atoms with E-state index in [2.05, 4.69) is 13.8 Å². The maximum Gasteiger partial charge on any atom is 0.282 e. The van der Waals surface area contributed by atoms with Gasteiger partial charge in [0.05, 0.1) is 6.61 Å². The second kappa shape index (κ2) is 3.32. The summed E-state index contributed by atoms with van der Waals surface area (Å²) in [6.07, 6.45) is 1.84. The molecule has 1 fully saturated rings. The van der Waals surface area contributed by atoms with Crippen molar-refractivity contribution in [2.75, 3.05) is 20.8 Å². The van der Waals surface area contributed by atoms with Crippen LogP contribution in [0.1, 0.15) is 26.7 Å². The summed E-state index contributed by atoms with van der Waals surface area (Å²) >= 11 is 0. The van der Waals surface area contributed by atoms with Crippen LogP contribution in [-0.2, 0) is 14.2 Å². The van der Waals surface area contributed by atoms with Crippen molar-refractivity contribution in [2.24, 2.45) is 5.41 Å². The Balaban J connectivity index is 2.65. The molecule has 1 rings (SSSR count). The Morgan fingerprint density at radius 2 is 1.75 bits per heavy atom. The summed E-state index contributed by atoms with van der Waals surface area (Å²) in [5, 5.41) is 0. The fourth-order valence-corrected chi connectivity index (χ4v) is 1.55. The van der Waals surface area contributed by atoms with Crippen LogP contribution in [0, 0.1) is 5.41 Å². The molecule has 3 heteroatoms. The van der Waals surface area contributed by atoms with E-state index < -0.39 is 5.97 Å². The standard InChI is InChI=1S/C9H18O3/c1-8(2)5-6-12-9(7-8,10-3)11-4/h5-7H2,1-4H3. The molecule has 12 heavy (non-hydrogen) atoms. The highest BCUT2D eigenvalue weighted by atomic mass is 16.9. The first-order valence-corrected chi connectivity index (χ1v) is 4.28. The molecule has 0 atom stereocenters. The van der Waals surface area contributed by atoms with Crippen LogP contribution in [0.25, 0.3) is 0 Å². The van der Waals surface area contributed by atoms with Gasteiger partial charge in [-0.1, -0.05) is 13.8 Å². The third-order valence-electron chi connectivity index (χ3n) is 2.42. The van der Waals surface area contributed by atoms with E-state index >= 15 is 0 Å². The van der Waals surface area contributed by atoms with Gasteiger partial charge in [-0.15, -0.1) is 0 Å². The van der Waals surface area contributed by atoms with Crippen LogP contribution in [0.3, 0.4) is 0 Å². The minimum absolute atomic E-state index is 0.240. The quantitative estimate of drug-likeness (QED) is 0.597. The Morgan fingerprint density at radius 3 is 2.08 bits per heavy atom. The lowest BCUT2D eigenvalue weighted by Crippen LogP contribution is -2.46. The summed E-state index contributed by atoms with van der Waals surface area (Å²) in [5.41, 5.74) is 0.240. The molecule has 0 spiro atoms. The highest BCUT2D eigenvalue weighted by Crippen LogP contribution is 2.38. The van der Waals surface area contributed by atoms with Gasteiger partial charge >= 0.3 is 0 Å². The van der Waals surface area contributed by atoms with Gasteiger partial charge in [0.1, 0.15) is 0 Å². The van der Waals surface area contributed by atoms with Gasteiger partial charge in [0, 0.05) is 20.6 Å². The predicted octanol–water partition coefficient (Wildman–Crippen LogP) is 1.77. The van der Waals surface area contributed by atoms with Gasteiger partial charge in [0.25, 0.3) is 5.97 Å². The van der Waals surface area contributed by atoms with E-state index in [4.69, 9.17) is 14.2 Å².